The molecule has 0 N–H and O–H groups in total. The minimum absolute atomic E-state index is 0.347. The molecule has 0 saturated carbocycles. The Morgan fingerprint density at radius 2 is 1.83 bits per heavy atom. The SMILES string of the molecule is CC(C)(C)OC(=O)N1CC(N=C=O)(C(C)(F)F)C1. The molecule has 1 fully saturated rings. The topological polar surface area (TPSA) is 59.0 Å². The Bertz CT molecular complexity index is 386. The highest BCUT2D eigenvalue weighted by atomic mass is 19.3. The van der Waals surface area contributed by atoms with E-state index in [0.29, 0.717) is 6.92 Å². The molecule has 1 aliphatic heterocycles. The van der Waals surface area contributed by atoms with Crippen LogP contribution in [0.5, 0.6) is 0 Å². The first-order valence-corrected chi connectivity index (χ1v) is 5.45. The number of rotatable bonds is 2. The Kier molecular flexibility index (Phi) is 3.49. The molecule has 5 nitrogen and oxygen atoms in total. The number of hydrogen-bond acceptors (Lipinski definition) is 4. The predicted octanol–water partition coefficient (Wildman–Crippen LogP) is 1.97. The van der Waals surface area contributed by atoms with Gasteiger partial charge >= 0.3 is 6.09 Å². The molecule has 7 heteroatoms. The zero-order valence-corrected chi connectivity index (χ0v) is 10.8. The highest BCUT2D eigenvalue weighted by Crippen LogP contribution is 2.39. The first-order chi connectivity index (χ1) is 8.01. The van der Waals surface area contributed by atoms with Crippen molar-refractivity contribution >= 4 is 12.2 Å². The number of carbonyl (C=O) groups is 1. The third kappa shape index (κ3) is 2.85. The van der Waals surface area contributed by atoms with E-state index in [-0.39, 0.29) is 13.1 Å². The summed E-state index contributed by atoms with van der Waals surface area (Å²) in [6.07, 6.45) is 0.450. The van der Waals surface area contributed by atoms with Crippen molar-refractivity contribution in [3.05, 3.63) is 0 Å². The number of nitrogens with zero attached hydrogens (tertiary/aromatic N) is 2. The van der Waals surface area contributed by atoms with Gasteiger partial charge in [0, 0.05) is 6.92 Å². The third-order valence-corrected chi connectivity index (χ3v) is 2.63. The molecule has 1 aliphatic rings. The van der Waals surface area contributed by atoms with E-state index in [0.717, 1.165) is 11.0 Å². The van der Waals surface area contributed by atoms with Crippen LogP contribution in [0.15, 0.2) is 4.99 Å². The average Bonchev–Trinajstić information content (AvgIpc) is 2.04. The summed E-state index contributed by atoms with van der Waals surface area (Å²) < 4.78 is 31.7. The van der Waals surface area contributed by atoms with E-state index in [9.17, 15) is 18.4 Å². The smallest absolute Gasteiger partial charge is 0.410 e. The molecule has 0 atom stereocenters. The predicted molar refractivity (Wildman–Crippen MR) is 59.3 cm³/mol. The lowest BCUT2D eigenvalue weighted by Crippen LogP contribution is -2.69. The van der Waals surface area contributed by atoms with Gasteiger partial charge in [-0.15, -0.1) is 0 Å². The number of aliphatic imine (C=N–C) groups is 1. The summed E-state index contributed by atoms with van der Waals surface area (Å²) in [4.78, 5) is 26.0. The fourth-order valence-corrected chi connectivity index (χ4v) is 1.57. The molecule has 0 aromatic carbocycles. The Balaban J connectivity index is 2.71. The molecule has 1 amide bonds. The summed E-state index contributed by atoms with van der Waals surface area (Å²) in [6.45, 7) is 5.00. The number of carbonyl (C=O) groups excluding carboxylic acids is 2. The van der Waals surface area contributed by atoms with Gasteiger partial charge in [-0.3, -0.25) is 0 Å². The molecule has 0 unspecified atom stereocenters. The van der Waals surface area contributed by atoms with Crippen LogP contribution in [0.25, 0.3) is 0 Å². The van der Waals surface area contributed by atoms with Crippen LogP contribution >= 0.6 is 0 Å². The van der Waals surface area contributed by atoms with Gasteiger partial charge < -0.3 is 9.64 Å². The second-order valence-corrected chi connectivity index (χ2v) is 5.46. The number of alkyl halides is 2. The lowest BCUT2D eigenvalue weighted by molar-refractivity contribution is -0.119. The highest BCUT2D eigenvalue weighted by Gasteiger charge is 2.60. The molecule has 0 aromatic rings. The molecule has 102 valence electrons. The van der Waals surface area contributed by atoms with Gasteiger partial charge in [-0.1, -0.05) is 0 Å². The normalized spacial score (nSPS) is 18.7. The summed E-state index contributed by atoms with van der Waals surface area (Å²) >= 11 is 0. The summed E-state index contributed by atoms with van der Waals surface area (Å²) in [6, 6.07) is 0. The molecule has 0 bridgehead atoms. The van der Waals surface area contributed by atoms with Crippen molar-refractivity contribution < 1.29 is 23.1 Å². The second-order valence-electron chi connectivity index (χ2n) is 5.46. The zero-order valence-electron chi connectivity index (χ0n) is 10.8. The lowest BCUT2D eigenvalue weighted by atomic mass is 9.85. The molecule has 0 radical (unpaired) electrons. The minimum atomic E-state index is -3.19. The van der Waals surface area contributed by atoms with Crippen molar-refractivity contribution in [1.82, 2.24) is 4.90 Å². The molecule has 18 heavy (non-hydrogen) atoms. The van der Waals surface area contributed by atoms with Crippen molar-refractivity contribution in [3.8, 4) is 0 Å². The maximum absolute atomic E-state index is 13.3. The van der Waals surface area contributed by atoms with Gasteiger partial charge in [-0.05, 0) is 20.8 Å². The van der Waals surface area contributed by atoms with Crippen LogP contribution in [0.1, 0.15) is 27.7 Å². The van der Waals surface area contributed by atoms with Gasteiger partial charge in [0.15, 0.2) is 5.54 Å². The fraction of sp³-hybridized carbons (Fsp3) is 0.818. The monoisotopic (exact) mass is 262 g/mol. The van der Waals surface area contributed by atoms with E-state index in [2.05, 4.69) is 4.99 Å². The summed E-state index contributed by atoms with van der Waals surface area (Å²) in [5.74, 6) is -3.19. The second kappa shape index (κ2) is 4.31. The van der Waals surface area contributed by atoms with Gasteiger partial charge in [-0.25, -0.2) is 18.4 Å². The van der Waals surface area contributed by atoms with Gasteiger partial charge in [0.2, 0.25) is 6.08 Å². The van der Waals surface area contributed by atoms with Crippen LogP contribution < -0.4 is 0 Å². The van der Waals surface area contributed by atoms with Gasteiger partial charge in [0.05, 0.1) is 13.1 Å². The first kappa shape index (κ1) is 14.6. The number of ether oxygens (including phenoxy) is 1. The molecular formula is C11H16F2N2O3. The van der Waals surface area contributed by atoms with Crippen LogP contribution in [0, 0.1) is 0 Å². The van der Waals surface area contributed by atoms with Gasteiger partial charge in [0.1, 0.15) is 5.60 Å². The van der Waals surface area contributed by atoms with Crippen molar-refractivity contribution in [1.29, 1.82) is 0 Å². The van der Waals surface area contributed by atoms with Crippen LogP contribution in [-0.2, 0) is 9.53 Å². The number of hydrogen-bond donors (Lipinski definition) is 0. The number of amides is 1. The Hall–Kier alpha value is -1.49. The number of isocyanates is 1. The average molecular weight is 262 g/mol. The molecule has 1 heterocycles. The largest absolute Gasteiger partial charge is 0.444 e. The van der Waals surface area contributed by atoms with E-state index in [1.165, 1.54) is 0 Å². The Labute approximate surface area is 104 Å². The zero-order chi connectivity index (χ0) is 14.2. The Morgan fingerprint density at radius 1 is 1.33 bits per heavy atom. The van der Waals surface area contributed by atoms with Crippen LogP contribution in [0.4, 0.5) is 13.6 Å². The quantitative estimate of drug-likeness (QED) is 0.564. The van der Waals surface area contributed by atoms with E-state index < -0.39 is 23.2 Å². The molecule has 0 aromatic heterocycles. The van der Waals surface area contributed by atoms with E-state index in [1.54, 1.807) is 20.8 Å². The van der Waals surface area contributed by atoms with Crippen LogP contribution in [0.3, 0.4) is 0 Å². The van der Waals surface area contributed by atoms with Crippen molar-refractivity contribution in [3.63, 3.8) is 0 Å². The van der Waals surface area contributed by atoms with Crippen molar-refractivity contribution in [2.24, 2.45) is 4.99 Å². The summed E-state index contributed by atoms with van der Waals surface area (Å²) in [5, 5.41) is 0. The molecule has 0 aliphatic carbocycles. The molecule has 1 rings (SSSR count). The summed E-state index contributed by atoms with van der Waals surface area (Å²) in [5.41, 5.74) is -2.57. The number of halogens is 2. The minimum Gasteiger partial charge on any atom is -0.444 e. The van der Waals surface area contributed by atoms with Gasteiger partial charge in [0.25, 0.3) is 5.92 Å². The molecule has 0 spiro atoms. The van der Waals surface area contributed by atoms with Crippen LogP contribution in [0.2, 0.25) is 0 Å². The summed E-state index contributed by atoms with van der Waals surface area (Å²) in [7, 11) is 0. The lowest BCUT2D eigenvalue weighted by Gasteiger charge is -2.48. The van der Waals surface area contributed by atoms with E-state index in [1.807, 2.05) is 0 Å². The van der Waals surface area contributed by atoms with Gasteiger partial charge in [-0.2, -0.15) is 4.99 Å². The maximum atomic E-state index is 13.3. The highest BCUT2D eigenvalue weighted by molar-refractivity contribution is 5.70. The van der Waals surface area contributed by atoms with E-state index in [4.69, 9.17) is 4.74 Å². The first-order valence-electron chi connectivity index (χ1n) is 5.45. The maximum Gasteiger partial charge on any atom is 0.410 e. The third-order valence-electron chi connectivity index (χ3n) is 2.63. The number of likely N-dealkylation sites (tertiary alicyclic amines) is 1. The van der Waals surface area contributed by atoms with E-state index >= 15 is 0 Å². The standard InChI is InChI=1S/C11H16F2N2O3/c1-9(2,3)18-8(17)15-5-11(6-15,14-7-16)10(4,12)13/h5-6H2,1-4H3. The van der Waals surface area contributed by atoms with Crippen LogP contribution in [-0.4, -0.2) is 47.2 Å². The molecule has 1 saturated heterocycles. The van der Waals surface area contributed by atoms with Crippen molar-refractivity contribution in [2.75, 3.05) is 13.1 Å². The van der Waals surface area contributed by atoms with Crippen molar-refractivity contribution in [2.45, 2.75) is 44.8 Å². The molecular weight excluding hydrogens is 246 g/mol. The fourth-order valence-electron chi connectivity index (χ4n) is 1.57. The Morgan fingerprint density at radius 3 is 2.17 bits per heavy atom.